The Bertz CT molecular complexity index is 3860. The number of anilines is 3. The zero-order valence-electron chi connectivity index (χ0n) is 44.2. The van der Waals surface area contributed by atoms with E-state index in [1.807, 2.05) is 0 Å². The predicted molar refractivity (Wildman–Crippen MR) is 343 cm³/mol. The number of nitrogens with zero attached hydrogens (tertiary/aromatic N) is 7. The summed E-state index contributed by atoms with van der Waals surface area (Å²) in [6.45, 7) is -1.93. The molecule has 4 heterocycles. The summed E-state index contributed by atoms with van der Waals surface area (Å²) in [6.07, 6.45) is 0. The number of aromatic nitrogens is 1. The van der Waals surface area contributed by atoms with Crippen LogP contribution >= 0.6 is 0 Å². The minimum Gasteiger partial charge on any atom is -0.428 e. The van der Waals surface area contributed by atoms with Crippen molar-refractivity contribution in [2.45, 2.75) is 0 Å². The van der Waals surface area contributed by atoms with E-state index in [2.05, 4.69) is 348 Å². The van der Waals surface area contributed by atoms with Gasteiger partial charge in [0.1, 0.15) is 0 Å². The molecule has 3 aliphatic heterocycles. The number of rotatable bonds is 10. The highest BCUT2D eigenvalue weighted by Gasteiger charge is 2.72. The van der Waals surface area contributed by atoms with Gasteiger partial charge in [0.2, 0.25) is 0 Å². The summed E-state index contributed by atoms with van der Waals surface area (Å²) in [5.74, 6) is 0. The third-order valence-corrected chi connectivity index (χ3v) is 16.8. The molecule has 7 nitrogen and oxygen atoms in total. The zero-order chi connectivity index (χ0) is 52.9. The zero-order valence-corrected chi connectivity index (χ0v) is 44.2. The van der Waals surface area contributed by atoms with Crippen LogP contribution in [0.15, 0.2) is 315 Å². The second-order valence-corrected chi connectivity index (χ2v) is 21.2. The molecule has 0 saturated carbocycles. The molecule has 0 atom stereocenters. The molecule has 80 heavy (non-hydrogen) atoms. The second-order valence-electron chi connectivity index (χ2n) is 21.2. The molecule has 372 valence electrons. The lowest BCUT2D eigenvalue weighted by molar-refractivity contribution is 0.690. The van der Waals surface area contributed by atoms with Gasteiger partial charge in [-0.15, -0.1) is 0 Å². The standard InChI is InChI=1S/C66H52B7N7/c1-9-29-53(30-10-1)67-75(60-39-19-6-20-40-60)68(54-31-11-2-12-32-54)79-71(57-37-17-5-18-38-57)77(62-43-23-8-24-44-62)72(58-49-51-59(52-50-58)74-65-47-27-25-45-63(65)64-46-26-28-48-66(64)74)80-70(56-35-15-4-16-36-56)76(61-41-21-7-22-42-61)69(78(67)73(79)80)55-33-13-3-14-34-55/h1-52H. The van der Waals surface area contributed by atoms with Crippen molar-refractivity contribution in [2.24, 2.45) is 0 Å². The van der Waals surface area contributed by atoms with Crippen LogP contribution in [0.25, 0.3) is 27.5 Å². The number of para-hydroxylation sites is 5. The molecule has 11 aromatic carbocycles. The van der Waals surface area contributed by atoms with Crippen LogP contribution in [0.4, 0.5) is 17.1 Å². The first-order valence-electron chi connectivity index (χ1n) is 28.0. The predicted octanol–water partition coefficient (Wildman–Crippen LogP) is 8.91. The Hall–Kier alpha value is -9.05. The second kappa shape index (κ2) is 20.6. The summed E-state index contributed by atoms with van der Waals surface area (Å²) in [5.41, 5.74) is 14.1. The Labute approximate surface area is 471 Å². The maximum absolute atomic E-state index is 2.87. The molecule has 3 aliphatic rings. The van der Waals surface area contributed by atoms with Crippen LogP contribution in [0.3, 0.4) is 0 Å². The van der Waals surface area contributed by atoms with E-state index in [4.69, 9.17) is 0 Å². The topological polar surface area (TPSA) is 24.4 Å². The summed E-state index contributed by atoms with van der Waals surface area (Å²) in [7, 11) is -0.368. The Kier molecular flexibility index (Phi) is 12.4. The van der Waals surface area contributed by atoms with Crippen LogP contribution < -0.4 is 46.9 Å². The Morgan fingerprint density at radius 2 is 0.412 bits per heavy atom. The first kappa shape index (κ1) is 48.1. The molecule has 0 aliphatic carbocycles. The molecule has 0 unspecified atom stereocenters. The van der Waals surface area contributed by atoms with Crippen molar-refractivity contribution in [2.75, 3.05) is 14.2 Å². The molecule has 0 amide bonds. The largest absolute Gasteiger partial charge is 0.428 e. The Balaban J connectivity index is 1.09. The van der Waals surface area contributed by atoms with Crippen LogP contribution in [-0.2, 0) is 0 Å². The summed E-state index contributed by atoms with van der Waals surface area (Å²) in [4.78, 5) is 0. The smallest absolute Gasteiger partial charge is 0.348 e. The SMILES string of the molecule is c1ccc(B2N3B4N(B(c5ccccc5)N2c2ccccc2)B(c2ccccc2)N(c2ccccc2)B(c2ccc(-n5c6ccccc6c6ccccc65)cc2)N4B(c2ccccc2)N(c2ccccc2)B3c2ccccc2)cc1. The van der Waals surface area contributed by atoms with Gasteiger partial charge in [-0.2, -0.15) is 0 Å². The van der Waals surface area contributed by atoms with E-state index in [1.165, 1.54) is 54.6 Å². The van der Waals surface area contributed by atoms with Crippen molar-refractivity contribution in [1.29, 1.82) is 0 Å². The van der Waals surface area contributed by atoms with E-state index in [-0.39, 0.29) is 49.0 Å². The van der Waals surface area contributed by atoms with E-state index < -0.39 is 0 Å². The molecule has 0 bridgehead atoms. The quantitative estimate of drug-likeness (QED) is 0.127. The lowest BCUT2D eigenvalue weighted by atomic mass is 9.22. The van der Waals surface area contributed by atoms with Crippen LogP contribution in [0.5, 0.6) is 0 Å². The van der Waals surface area contributed by atoms with Gasteiger partial charge in [0.15, 0.2) is 0 Å². The normalized spacial score (nSPS) is 15.1. The molecule has 15 rings (SSSR count). The number of fused-ring (bicyclic) bond motifs is 3. The fraction of sp³-hybridized carbons (Fsp3) is 0. The fourth-order valence-corrected chi connectivity index (χ4v) is 13.7. The summed E-state index contributed by atoms with van der Waals surface area (Å²) in [6, 6.07) is 117. The number of benzene rings is 11. The van der Waals surface area contributed by atoms with Crippen LogP contribution in [0, 0.1) is 0 Å². The van der Waals surface area contributed by atoms with E-state index in [9.17, 15) is 0 Å². The van der Waals surface area contributed by atoms with Crippen molar-refractivity contribution in [3.63, 3.8) is 0 Å². The van der Waals surface area contributed by atoms with Gasteiger partial charge < -0.3 is 32.6 Å². The van der Waals surface area contributed by atoms with Gasteiger partial charge in [-0.3, -0.25) is 0 Å². The van der Waals surface area contributed by atoms with Crippen molar-refractivity contribution in [3.8, 4) is 5.69 Å². The van der Waals surface area contributed by atoms with Gasteiger partial charge in [0.05, 0.1) is 11.0 Å². The highest BCUT2D eigenvalue weighted by atomic mass is 15.5. The van der Waals surface area contributed by atoms with Crippen molar-refractivity contribution >= 4 is 121 Å². The fourth-order valence-electron chi connectivity index (χ4n) is 13.7. The van der Waals surface area contributed by atoms with Gasteiger partial charge >= 0.3 is 49.0 Å². The third-order valence-electron chi connectivity index (χ3n) is 16.8. The molecular formula is C66H52B7N7. The highest BCUT2D eigenvalue weighted by molar-refractivity contribution is 7.23. The molecule has 3 fully saturated rings. The number of hydrogen-bond acceptors (Lipinski definition) is 6. The average Bonchev–Trinajstić information content (AvgIpc) is 3.38. The van der Waals surface area contributed by atoms with Crippen LogP contribution in [0.1, 0.15) is 0 Å². The summed E-state index contributed by atoms with van der Waals surface area (Å²) in [5, 5.41) is 2.49. The molecule has 14 heteroatoms. The molecule has 0 spiro atoms. The van der Waals surface area contributed by atoms with E-state index >= 15 is 0 Å². The first-order valence-corrected chi connectivity index (χ1v) is 28.0. The van der Waals surface area contributed by atoms with Gasteiger partial charge in [0, 0.05) is 33.5 Å². The molecule has 0 N–H and O–H groups in total. The minimum absolute atomic E-state index is 0.307. The average molecular weight is 1020 g/mol. The van der Waals surface area contributed by atoms with Crippen molar-refractivity contribution in [3.05, 3.63) is 315 Å². The lowest BCUT2D eigenvalue weighted by Crippen LogP contribution is -3.03. The monoisotopic (exact) mass is 1020 g/mol. The molecule has 0 radical (unpaired) electrons. The van der Waals surface area contributed by atoms with Crippen molar-refractivity contribution < 1.29 is 0 Å². The summed E-state index contributed by atoms with van der Waals surface area (Å²) < 4.78 is 19.2. The lowest BCUT2D eigenvalue weighted by Gasteiger charge is -2.70. The molecular weight excluding hydrogens is 966 g/mol. The first-order chi connectivity index (χ1) is 39.8. The molecule has 3 saturated heterocycles. The summed E-state index contributed by atoms with van der Waals surface area (Å²) >= 11 is 0. The van der Waals surface area contributed by atoms with Crippen LogP contribution in [0.2, 0.25) is 0 Å². The van der Waals surface area contributed by atoms with Crippen LogP contribution in [-0.4, -0.2) is 67.5 Å². The Morgan fingerprint density at radius 1 is 0.188 bits per heavy atom. The van der Waals surface area contributed by atoms with E-state index in [0.29, 0.717) is 0 Å². The Morgan fingerprint density at radius 3 is 0.688 bits per heavy atom. The highest BCUT2D eigenvalue weighted by Crippen LogP contribution is 2.41. The maximum Gasteiger partial charge on any atom is 0.348 e. The van der Waals surface area contributed by atoms with E-state index in [0.717, 1.165) is 22.7 Å². The van der Waals surface area contributed by atoms with E-state index in [1.54, 1.807) is 0 Å². The minimum atomic E-state index is -0.368. The van der Waals surface area contributed by atoms with Gasteiger partial charge in [-0.1, -0.05) is 255 Å². The third kappa shape index (κ3) is 8.04. The van der Waals surface area contributed by atoms with Crippen molar-refractivity contribution in [1.82, 2.24) is 18.5 Å². The van der Waals surface area contributed by atoms with Gasteiger partial charge in [-0.05, 0) is 93.4 Å². The van der Waals surface area contributed by atoms with Gasteiger partial charge in [-0.25, -0.2) is 0 Å². The number of hydrogen-bond donors (Lipinski definition) is 0. The molecule has 12 aromatic rings. The maximum atomic E-state index is 2.87. The van der Waals surface area contributed by atoms with Gasteiger partial charge in [0.25, 0.3) is 0 Å². The molecule has 1 aromatic heterocycles.